The van der Waals surface area contributed by atoms with Crippen LogP contribution in [0.4, 0.5) is 0 Å². The van der Waals surface area contributed by atoms with E-state index in [0.29, 0.717) is 0 Å². The van der Waals surface area contributed by atoms with Gasteiger partial charge in [0.1, 0.15) is 0 Å². The lowest BCUT2D eigenvalue weighted by atomic mass is 10.4. The summed E-state index contributed by atoms with van der Waals surface area (Å²) < 4.78 is 0. The van der Waals surface area contributed by atoms with Gasteiger partial charge in [0.2, 0.25) is 0 Å². The van der Waals surface area contributed by atoms with E-state index in [1.165, 1.54) is 9.79 Å². The lowest BCUT2D eigenvalue weighted by Gasteiger charge is -1.96. The average Bonchev–Trinajstić information content (AvgIpc) is 2.30. The van der Waals surface area contributed by atoms with Crippen LogP contribution in [-0.4, -0.2) is 0 Å². The molecular formula is C12H10ClS+. The Morgan fingerprint density at radius 2 is 1.00 bits per heavy atom. The van der Waals surface area contributed by atoms with Crippen molar-refractivity contribution in [3.8, 4) is 0 Å². The van der Waals surface area contributed by atoms with Gasteiger partial charge in [-0.2, -0.15) is 0 Å². The quantitative estimate of drug-likeness (QED) is 0.676. The average molecular weight is 222 g/mol. The van der Waals surface area contributed by atoms with Crippen LogP contribution in [0.5, 0.6) is 0 Å². The second-order valence-electron chi connectivity index (χ2n) is 2.88. The van der Waals surface area contributed by atoms with E-state index >= 15 is 0 Å². The standard InChI is InChI=1S/C12H10ClS/c13-14(11-7-3-1-4-8-11)12-9-5-2-6-10-12/h1-10H/q+1. The summed E-state index contributed by atoms with van der Waals surface area (Å²) in [7, 11) is 6.03. The van der Waals surface area contributed by atoms with E-state index < -0.39 is 0 Å². The summed E-state index contributed by atoms with van der Waals surface area (Å²) in [5.41, 5.74) is 0. The van der Waals surface area contributed by atoms with Crippen molar-refractivity contribution in [2.45, 2.75) is 9.79 Å². The van der Waals surface area contributed by atoms with Gasteiger partial charge in [-0.05, 0) is 24.3 Å². The van der Waals surface area contributed by atoms with Crippen molar-refractivity contribution < 1.29 is 0 Å². The third-order valence-corrected chi connectivity index (χ3v) is 4.34. The molecule has 0 saturated heterocycles. The first kappa shape index (κ1) is 9.63. The summed E-state index contributed by atoms with van der Waals surface area (Å²) in [6, 6.07) is 20.3. The van der Waals surface area contributed by atoms with E-state index in [9.17, 15) is 0 Å². The van der Waals surface area contributed by atoms with Gasteiger partial charge in [0.25, 0.3) is 0 Å². The predicted octanol–water partition coefficient (Wildman–Crippen LogP) is 3.88. The molecule has 0 aliphatic carbocycles. The Labute approximate surface area is 91.4 Å². The normalized spacial score (nSPS) is 10.4. The Bertz CT molecular complexity index is 346. The molecule has 0 aliphatic rings. The first-order valence-corrected chi connectivity index (χ1v) is 6.43. The van der Waals surface area contributed by atoms with Gasteiger partial charge in [-0.15, -0.1) is 0 Å². The predicted molar refractivity (Wildman–Crippen MR) is 62.6 cm³/mol. The molecule has 0 saturated carbocycles. The SMILES string of the molecule is Cl[S+](c1ccccc1)c1ccccc1. The first-order chi connectivity index (χ1) is 6.88. The van der Waals surface area contributed by atoms with Crippen LogP contribution in [0.3, 0.4) is 0 Å². The lowest BCUT2D eigenvalue weighted by molar-refractivity contribution is 1.40. The number of halogens is 1. The van der Waals surface area contributed by atoms with Gasteiger partial charge in [0, 0.05) is 0 Å². The Morgan fingerprint density at radius 3 is 1.36 bits per heavy atom. The highest BCUT2D eigenvalue weighted by Crippen LogP contribution is 2.26. The van der Waals surface area contributed by atoms with Crippen molar-refractivity contribution in [1.29, 1.82) is 0 Å². The number of rotatable bonds is 2. The Morgan fingerprint density at radius 1 is 0.643 bits per heavy atom. The van der Waals surface area contributed by atoms with Crippen LogP contribution in [0, 0.1) is 0 Å². The maximum Gasteiger partial charge on any atom is 0.189 e. The molecule has 2 heteroatoms. The van der Waals surface area contributed by atoms with Crippen LogP contribution in [0.25, 0.3) is 0 Å². The Kier molecular flexibility index (Phi) is 3.12. The van der Waals surface area contributed by atoms with E-state index in [2.05, 4.69) is 24.3 Å². The van der Waals surface area contributed by atoms with Crippen LogP contribution in [0.2, 0.25) is 0 Å². The highest BCUT2D eigenvalue weighted by atomic mass is 35.7. The molecule has 2 aromatic carbocycles. The van der Waals surface area contributed by atoms with Gasteiger partial charge in [-0.1, -0.05) is 36.4 Å². The molecular weight excluding hydrogens is 212 g/mol. The van der Waals surface area contributed by atoms with E-state index in [1.807, 2.05) is 36.4 Å². The van der Waals surface area contributed by atoms with Crippen molar-refractivity contribution in [3.05, 3.63) is 60.7 Å². The maximum atomic E-state index is 6.36. The fourth-order valence-electron chi connectivity index (χ4n) is 1.22. The van der Waals surface area contributed by atoms with E-state index in [0.717, 1.165) is 0 Å². The van der Waals surface area contributed by atoms with Gasteiger partial charge >= 0.3 is 0 Å². The summed E-state index contributed by atoms with van der Waals surface area (Å²) in [6.07, 6.45) is 0. The molecule has 0 radical (unpaired) electrons. The van der Waals surface area contributed by atoms with Crippen LogP contribution >= 0.6 is 10.7 Å². The minimum Gasteiger partial charge on any atom is -0.0619 e. The van der Waals surface area contributed by atoms with E-state index in [4.69, 9.17) is 10.7 Å². The van der Waals surface area contributed by atoms with Gasteiger partial charge in [0.05, 0.1) is 0 Å². The van der Waals surface area contributed by atoms with Gasteiger partial charge < -0.3 is 0 Å². The molecule has 0 aliphatic heterocycles. The summed E-state index contributed by atoms with van der Waals surface area (Å²) in [5, 5.41) is 0. The molecule has 0 unspecified atom stereocenters. The Balaban J connectivity index is 2.30. The minimum atomic E-state index is -0.325. The number of hydrogen-bond donors (Lipinski definition) is 0. The van der Waals surface area contributed by atoms with Gasteiger partial charge in [0.15, 0.2) is 30.6 Å². The molecule has 0 atom stereocenters. The third kappa shape index (κ3) is 2.11. The fraction of sp³-hybridized carbons (Fsp3) is 0. The van der Waals surface area contributed by atoms with Crippen LogP contribution < -0.4 is 0 Å². The summed E-state index contributed by atoms with van der Waals surface area (Å²) in [4.78, 5) is 2.33. The maximum absolute atomic E-state index is 6.36. The Hall–Kier alpha value is -0.920. The van der Waals surface area contributed by atoms with E-state index in [1.54, 1.807) is 0 Å². The van der Waals surface area contributed by atoms with Crippen molar-refractivity contribution in [2.75, 3.05) is 0 Å². The second-order valence-corrected chi connectivity index (χ2v) is 5.26. The highest BCUT2D eigenvalue weighted by molar-refractivity contribution is 8.18. The molecule has 0 spiro atoms. The van der Waals surface area contributed by atoms with Crippen LogP contribution in [0.15, 0.2) is 70.5 Å². The van der Waals surface area contributed by atoms with Gasteiger partial charge in [-0.25, -0.2) is 0 Å². The molecule has 0 aromatic heterocycles. The molecule has 0 nitrogen and oxygen atoms in total. The van der Waals surface area contributed by atoms with Crippen molar-refractivity contribution >= 4 is 20.8 Å². The third-order valence-electron chi connectivity index (χ3n) is 1.90. The molecule has 70 valence electrons. The molecule has 0 amide bonds. The molecule has 2 aromatic rings. The van der Waals surface area contributed by atoms with Crippen LogP contribution in [-0.2, 0) is 10.1 Å². The van der Waals surface area contributed by atoms with Crippen molar-refractivity contribution in [3.63, 3.8) is 0 Å². The summed E-state index contributed by atoms with van der Waals surface area (Å²) in [6.45, 7) is 0. The van der Waals surface area contributed by atoms with Crippen molar-refractivity contribution in [1.82, 2.24) is 0 Å². The largest absolute Gasteiger partial charge is 0.189 e. The topological polar surface area (TPSA) is 0 Å². The minimum absolute atomic E-state index is 0.325. The summed E-state index contributed by atoms with van der Waals surface area (Å²) >= 11 is 0. The molecule has 0 heterocycles. The van der Waals surface area contributed by atoms with Gasteiger partial charge in [-0.3, -0.25) is 0 Å². The van der Waals surface area contributed by atoms with E-state index in [-0.39, 0.29) is 10.1 Å². The monoisotopic (exact) mass is 221 g/mol. The fourth-order valence-corrected chi connectivity index (χ4v) is 2.90. The van der Waals surface area contributed by atoms with Crippen LogP contribution in [0.1, 0.15) is 0 Å². The molecule has 14 heavy (non-hydrogen) atoms. The zero-order valence-electron chi connectivity index (χ0n) is 7.56. The first-order valence-electron chi connectivity index (χ1n) is 4.38. The lowest BCUT2D eigenvalue weighted by Crippen LogP contribution is -1.93. The van der Waals surface area contributed by atoms with Crippen molar-refractivity contribution in [2.24, 2.45) is 0 Å². The zero-order chi connectivity index (χ0) is 9.80. The molecule has 0 bridgehead atoms. The number of benzene rings is 2. The molecule has 0 fully saturated rings. The number of hydrogen-bond acceptors (Lipinski definition) is 0. The summed E-state index contributed by atoms with van der Waals surface area (Å²) in [5.74, 6) is 0. The highest BCUT2D eigenvalue weighted by Gasteiger charge is 2.22. The second kappa shape index (κ2) is 4.54. The molecule has 0 N–H and O–H groups in total. The smallest absolute Gasteiger partial charge is 0.0619 e. The molecule has 2 rings (SSSR count). The zero-order valence-corrected chi connectivity index (χ0v) is 9.13.